The fraction of sp³-hybridized carbons (Fsp3) is 0.0500. The highest BCUT2D eigenvalue weighted by atomic mass is 32.3. The SMILES string of the molecule is Cc1oc2cc(OS(=O)(=O)c3cccs3)ccc2c(=O)c1Oc1ccccc1. The van der Waals surface area contributed by atoms with Crippen molar-refractivity contribution in [3.63, 3.8) is 0 Å². The first kappa shape index (κ1) is 18.3. The highest BCUT2D eigenvalue weighted by Crippen LogP contribution is 2.29. The summed E-state index contributed by atoms with van der Waals surface area (Å²) in [6.45, 7) is 1.61. The predicted molar refractivity (Wildman–Crippen MR) is 106 cm³/mol. The lowest BCUT2D eigenvalue weighted by Crippen LogP contribution is -2.09. The largest absolute Gasteiger partial charge is 0.457 e. The Kier molecular flexibility index (Phi) is 4.66. The molecule has 0 bridgehead atoms. The van der Waals surface area contributed by atoms with Gasteiger partial charge in [0, 0.05) is 6.07 Å². The highest BCUT2D eigenvalue weighted by molar-refractivity contribution is 7.89. The lowest BCUT2D eigenvalue weighted by Gasteiger charge is -2.10. The van der Waals surface area contributed by atoms with Crippen LogP contribution in [0.15, 0.2) is 79.5 Å². The molecule has 0 saturated carbocycles. The third-order valence-electron chi connectivity index (χ3n) is 3.90. The van der Waals surface area contributed by atoms with Crippen molar-refractivity contribution >= 4 is 32.4 Å². The number of hydrogen-bond acceptors (Lipinski definition) is 7. The van der Waals surface area contributed by atoms with Gasteiger partial charge in [-0.15, -0.1) is 11.3 Å². The molecule has 0 spiro atoms. The summed E-state index contributed by atoms with van der Waals surface area (Å²) >= 11 is 1.06. The van der Waals surface area contributed by atoms with Crippen LogP contribution >= 0.6 is 11.3 Å². The van der Waals surface area contributed by atoms with Crippen LogP contribution in [0, 0.1) is 6.92 Å². The number of para-hydroxylation sites is 1. The first-order valence-electron chi connectivity index (χ1n) is 8.22. The van der Waals surface area contributed by atoms with Crippen LogP contribution in [0.2, 0.25) is 0 Å². The molecule has 28 heavy (non-hydrogen) atoms. The third kappa shape index (κ3) is 3.51. The van der Waals surface area contributed by atoms with Gasteiger partial charge >= 0.3 is 10.1 Å². The number of thiophene rings is 1. The molecule has 0 aliphatic carbocycles. The second kappa shape index (κ2) is 7.14. The molecule has 6 nitrogen and oxygen atoms in total. The van der Waals surface area contributed by atoms with Crippen molar-refractivity contribution in [2.24, 2.45) is 0 Å². The fourth-order valence-corrected chi connectivity index (χ4v) is 4.49. The maximum absolute atomic E-state index is 12.8. The Morgan fingerprint density at radius 1 is 0.964 bits per heavy atom. The summed E-state index contributed by atoms with van der Waals surface area (Å²) in [5.41, 5.74) is -0.142. The summed E-state index contributed by atoms with van der Waals surface area (Å²) < 4.78 is 41.1. The minimum Gasteiger partial charge on any atom is -0.457 e. The molecule has 2 aromatic heterocycles. The van der Waals surface area contributed by atoms with Crippen molar-refractivity contribution in [2.75, 3.05) is 0 Å². The summed E-state index contributed by atoms with van der Waals surface area (Å²) in [7, 11) is -3.93. The summed E-state index contributed by atoms with van der Waals surface area (Å²) in [6.07, 6.45) is 0. The van der Waals surface area contributed by atoms with Crippen LogP contribution in [-0.4, -0.2) is 8.42 Å². The van der Waals surface area contributed by atoms with Gasteiger partial charge in [0.2, 0.25) is 11.2 Å². The van der Waals surface area contributed by atoms with Crippen molar-refractivity contribution in [2.45, 2.75) is 11.1 Å². The second-order valence-electron chi connectivity index (χ2n) is 5.86. The Hall–Kier alpha value is -3.10. The zero-order valence-corrected chi connectivity index (χ0v) is 16.2. The number of rotatable bonds is 5. The van der Waals surface area contributed by atoms with Gasteiger partial charge in [0.05, 0.1) is 5.39 Å². The van der Waals surface area contributed by atoms with Gasteiger partial charge in [-0.05, 0) is 42.6 Å². The van der Waals surface area contributed by atoms with E-state index in [9.17, 15) is 13.2 Å². The molecule has 0 amide bonds. The Labute approximate surface area is 164 Å². The van der Waals surface area contributed by atoms with Gasteiger partial charge in [-0.1, -0.05) is 24.3 Å². The van der Waals surface area contributed by atoms with Crippen LogP contribution in [0.1, 0.15) is 5.76 Å². The minimum absolute atomic E-state index is 0.0557. The third-order valence-corrected chi connectivity index (χ3v) is 6.50. The van der Waals surface area contributed by atoms with Gasteiger partial charge in [-0.2, -0.15) is 8.42 Å². The predicted octanol–water partition coefficient (Wildman–Crippen LogP) is 4.72. The Bertz CT molecular complexity index is 1290. The molecule has 0 atom stereocenters. The molecule has 0 N–H and O–H groups in total. The number of benzene rings is 2. The molecule has 0 fully saturated rings. The lowest BCUT2D eigenvalue weighted by molar-refractivity contribution is 0.436. The summed E-state index contributed by atoms with van der Waals surface area (Å²) in [5.74, 6) is 0.928. The molecule has 0 radical (unpaired) electrons. The van der Waals surface area contributed by atoms with E-state index in [4.69, 9.17) is 13.3 Å². The molecule has 4 rings (SSSR count). The van der Waals surface area contributed by atoms with Crippen molar-refractivity contribution in [1.29, 1.82) is 0 Å². The zero-order chi connectivity index (χ0) is 19.7. The monoisotopic (exact) mass is 414 g/mol. The minimum atomic E-state index is -3.93. The zero-order valence-electron chi connectivity index (χ0n) is 14.6. The number of ether oxygens (including phenoxy) is 1. The van der Waals surface area contributed by atoms with Crippen LogP contribution in [-0.2, 0) is 10.1 Å². The van der Waals surface area contributed by atoms with E-state index in [1.807, 2.05) is 6.07 Å². The van der Waals surface area contributed by atoms with E-state index in [-0.39, 0.29) is 37.9 Å². The maximum atomic E-state index is 12.8. The molecule has 2 heterocycles. The first-order chi connectivity index (χ1) is 13.4. The Morgan fingerprint density at radius 3 is 2.46 bits per heavy atom. The van der Waals surface area contributed by atoms with Crippen LogP contribution in [0.3, 0.4) is 0 Å². The first-order valence-corrected chi connectivity index (χ1v) is 10.5. The summed E-state index contributed by atoms with van der Waals surface area (Å²) in [5, 5.41) is 1.91. The number of fused-ring (bicyclic) bond motifs is 1. The second-order valence-corrected chi connectivity index (χ2v) is 8.58. The normalized spacial score (nSPS) is 11.5. The summed E-state index contributed by atoms with van der Waals surface area (Å²) in [4.78, 5) is 12.8. The quantitative estimate of drug-likeness (QED) is 0.439. The van der Waals surface area contributed by atoms with Crippen LogP contribution < -0.4 is 14.3 Å². The highest BCUT2D eigenvalue weighted by Gasteiger charge is 2.19. The molecular formula is C20H14O6S2. The smallest absolute Gasteiger partial charge is 0.348 e. The van der Waals surface area contributed by atoms with E-state index in [1.54, 1.807) is 42.6 Å². The van der Waals surface area contributed by atoms with Gasteiger partial charge in [-0.25, -0.2) is 0 Å². The maximum Gasteiger partial charge on any atom is 0.348 e. The molecule has 142 valence electrons. The van der Waals surface area contributed by atoms with E-state index >= 15 is 0 Å². The molecule has 0 saturated heterocycles. The van der Waals surface area contributed by atoms with Crippen molar-refractivity contribution in [1.82, 2.24) is 0 Å². The van der Waals surface area contributed by atoms with Gasteiger partial charge in [0.15, 0.2) is 4.21 Å². The van der Waals surface area contributed by atoms with E-state index in [0.29, 0.717) is 5.75 Å². The van der Waals surface area contributed by atoms with Gasteiger partial charge in [-0.3, -0.25) is 4.79 Å². The molecule has 0 aliphatic heterocycles. The van der Waals surface area contributed by atoms with Gasteiger partial charge in [0.25, 0.3) is 0 Å². The topological polar surface area (TPSA) is 82.8 Å². The van der Waals surface area contributed by atoms with E-state index < -0.39 is 10.1 Å². The van der Waals surface area contributed by atoms with Crippen LogP contribution in [0.4, 0.5) is 0 Å². The average Bonchev–Trinajstić information content (AvgIpc) is 3.21. The van der Waals surface area contributed by atoms with Gasteiger partial charge < -0.3 is 13.3 Å². The molecule has 0 unspecified atom stereocenters. The van der Waals surface area contributed by atoms with E-state index in [0.717, 1.165) is 11.3 Å². The Balaban J connectivity index is 1.71. The van der Waals surface area contributed by atoms with Crippen LogP contribution in [0.5, 0.6) is 17.2 Å². The molecule has 4 aromatic rings. The molecule has 8 heteroatoms. The van der Waals surface area contributed by atoms with E-state index in [1.165, 1.54) is 24.3 Å². The fourth-order valence-electron chi connectivity index (χ4n) is 2.62. The van der Waals surface area contributed by atoms with Crippen molar-refractivity contribution < 1.29 is 21.8 Å². The average molecular weight is 414 g/mol. The van der Waals surface area contributed by atoms with Crippen molar-refractivity contribution in [3.05, 3.63) is 82.0 Å². The van der Waals surface area contributed by atoms with Crippen molar-refractivity contribution in [3.8, 4) is 17.2 Å². The van der Waals surface area contributed by atoms with E-state index in [2.05, 4.69) is 0 Å². The summed E-state index contributed by atoms with van der Waals surface area (Å²) in [6, 6.07) is 16.2. The molecular weight excluding hydrogens is 400 g/mol. The number of aryl methyl sites for hydroxylation is 1. The Morgan fingerprint density at radius 2 is 1.75 bits per heavy atom. The lowest BCUT2D eigenvalue weighted by atomic mass is 10.2. The van der Waals surface area contributed by atoms with Crippen LogP contribution in [0.25, 0.3) is 11.0 Å². The van der Waals surface area contributed by atoms with Gasteiger partial charge in [0.1, 0.15) is 22.8 Å². The number of hydrogen-bond donors (Lipinski definition) is 0. The molecule has 2 aromatic carbocycles. The molecule has 0 aliphatic rings. The standard InChI is InChI=1S/C20H14O6S2/c1-13-20(25-14-6-3-2-4-7-14)19(21)16-10-9-15(12-17(16)24-13)26-28(22,23)18-8-5-11-27-18/h2-12H,1H3.